The van der Waals surface area contributed by atoms with E-state index in [4.69, 9.17) is 11.6 Å². The van der Waals surface area contributed by atoms with Gasteiger partial charge in [-0.05, 0) is 6.07 Å². The quantitative estimate of drug-likeness (QED) is 0.350. The number of methoxy groups -OCH3 is 1. The molecule has 84 valence electrons. The van der Waals surface area contributed by atoms with Crippen molar-refractivity contribution >= 4 is 29.5 Å². The number of nitrogens with zero attached hydrogens (tertiary/aromatic N) is 1. The summed E-state index contributed by atoms with van der Waals surface area (Å²) in [5.74, 6) is -0.762. The van der Waals surface area contributed by atoms with E-state index in [1.807, 2.05) is 0 Å². The molecule has 0 unspecified atom stereocenters. The number of hydrogen-bond acceptors (Lipinski definition) is 5. The molecule has 0 atom stereocenters. The summed E-state index contributed by atoms with van der Waals surface area (Å²) >= 11 is 5.64. The summed E-state index contributed by atoms with van der Waals surface area (Å²) in [6, 6.07) is 2.09. The van der Waals surface area contributed by atoms with Crippen LogP contribution in [0.25, 0.3) is 0 Å². The normalized spacial score (nSPS) is 9.62. The lowest BCUT2D eigenvalue weighted by Gasteiger charge is -2.02. The molecule has 0 aliphatic rings. The van der Waals surface area contributed by atoms with Crippen LogP contribution in [0.3, 0.4) is 0 Å². The zero-order valence-electron chi connectivity index (χ0n) is 8.10. The molecule has 0 aliphatic heterocycles. The Balaban J connectivity index is 3.45. The lowest BCUT2D eigenvalue weighted by molar-refractivity contribution is -0.385. The number of carbonyl (C=O) groups excluding carboxylic acids is 2. The van der Waals surface area contributed by atoms with Gasteiger partial charge in [-0.15, -0.1) is 0 Å². The number of ether oxygens (including phenoxy) is 1. The van der Waals surface area contributed by atoms with E-state index >= 15 is 0 Å². The van der Waals surface area contributed by atoms with Crippen molar-refractivity contribution in [2.75, 3.05) is 7.11 Å². The van der Waals surface area contributed by atoms with Crippen LogP contribution >= 0.6 is 11.6 Å². The zero-order chi connectivity index (χ0) is 12.3. The van der Waals surface area contributed by atoms with Crippen LogP contribution in [0.4, 0.5) is 5.69 Å². The van der Waals surface area contributed by atoms with E-state index in [-0.39, 0.29) is 22.4 Å². The second-order valence-electron chi connectivity index (χ2n) is 2.76. The van der Waals surface area contributed by atoms with Crippen molar-refractivity contribution in [1.82, 2.24) is 0 Å². The second-order valence-corrected chi connectivity index (χ2v) is 3.16. The van der Waals surface area contributed by atoms with Crippen LogP contribution in [0.1, 0.15) is 20.7 Å². The smallest absolute Gasteiger partial charge is 0.338 e. The van der Waals surface area contributed by atoms with Gasteiger partial charge in [-0.3, -0.25) is 14.9 Å². The van der Waals surface area contributed by atoms with Gasteiger partial charge >= 0.3 is 5.97 Å². The monoisotopic (exact) mass is 243 g/mol. The Morgan fingerprint density at radius 2 is 2.19 bits per heavy atom. The SMILES string of the molecule is COC(=O)c1cc(Cl)c(C=O)c([N+](=O)[O-])c1. The largest absolute Gasteiger partial charge is 0.465 e. The number of rotatable bonds is 3. The van der Waals surface area contributed by atoms with Crippen molar-refractivity contribution in [3.05, 3.63) is 38.4 Å². The van der Waals surface area contributed by atoms with Crippen LogP contribution in [0.5, 0.6) is 0 Å². The van der Waals surface area contributed by atoms with Gasteiger partial charge in [0.25, 0.3) is 5.69 Å². The first-order chi connectivity index (χ1) is 7.51. The summed E-state index contributed by atoms with van der Waals surface area (Å²) < 4.78 is 4.39. The third-order valence-electron chi connectivity index (χ3n) is 1.84. The van der Waals surface area contributed by atoms with Gasteiger partial charge in [-0.1, -0.05) is 11.6 Å². The van der Waals surface area contributed by atoms with Crippen LogP contribution < -0.4 is 0 Å². The summed E-state index contributed by atoms with van der Waals surface area (Å²) in [6.45, 7) is 0. The third kappa shape index (κ3) is 2.17. The molecule has 0 saturated heterocycles. The fraction of sp³-hybridized carbons (Fsp3) is 0.111. The van der Waals surface area contributed by atoms with Gasteiger partial charge in [0.15, 0.2) is 6.29 Å². The summed E-state index contributed by atoms with van der Waals surface area (Å²) in [5.41, 5.74) is -0.869. The lowest BCUT2D eigenvalue weighted by Crippen LogP contribution is -2.04. The van der Waals surface area contributed by atoms with Gasteiger partial charge in [-0.2, -0.15) is 0 Å². The predicted molar refractivity (Wildman–Crippen MR) is 54.8 cm³/mol. The highest BCUT2D eigenvalue weighted by atomic mass is 35.5. The minimum Gasteiger partial charge on any atom is -0.465 e. The molecule has 0 aromatic heterocycles. The molecule has 0 spiro atoms. The first kappa shape index (κ1) is 12.1. The third-order valence-corrected chi connectivity index (χ3v) is 2.16. The van der Waals surface area contributed by atoms with Gasteiger partial charge in [0.1, 0.15) is 5.56 Å². The second kappa shape index (κ2) is 4.71. The van der Waals surface area contributed by atoms with Crippen LogP contribution in [0.2, 0.25) is 5.02 Å². The molecule has 0 bridgehead atoms. The molecule has 1 aromatic carbocycles. The molecule has 0 heterocycles. The first-order valence-corrected chi connectivity index (χ1v) is 4.40. The Kier molecular flexibility index (Phi) is 3.57. The van der Waals surface area contributed by atoms with E-state index in [0.717, 1.165) is 19.2 Å². The molecular weight excluding hydrogens is 238 g/mol. The summed E-state index contributed by atoms with van der Waals surface area (Å²) in [4.78, 5) is 31.6. The van der Waals surface area contributed by atoms with Gasteiger partial charge in [0.05, 0.1) is 22.6 Å². The summed E-state index contributed by atoms with van der Waals surface area (Å²) in [7, 11) is 1.13. The standard InChI is InChI=1S/C9H6ClNO5/c1-16-9(13)5-2-7(10)6(4-12)8(3-5)11(14)15/h2-4H,1H3. The van der Waals surface area contributed by atoms with Crippen molar-refractivity contribution < 1.29 is 19.2 Å². The predicted octanol–water partition coefficient (Wildman–Crippen LogP) is 1.85. The molecule has 0 amide bonds. The maximum absolute atomic E-state index is 11.1. The maximum Gasteiger partial charge on any atom is 0.338 e. The van der Waals surface area contributed by atoms with Gasteiger partial charge in [0.2, 0.25) is 0 Å². The van der Waals surface area contributed by atoms with Crippen molar-refractivity contribution in [2.24, 2.45) is 0 Å². The van der Waals surface area contributed by atoms with Crippen molar-refractivity contribution in [1.29, 1.82) is 0 Å². The van der Waals surface area contributed by atoms with Crippen LogP contribution in [-0.4, -0.2) is 24.3 Å². The van der Waals surface area contributed by atoms with Crippen molar-refractivity contribution in [3.8, 4) is 0 Å². The summed E-state index contributed by atoms with van der Waals surface area (Å²) in [5, 5.41) is 10.5. The summed E-state index contributed by atoms with van der Waals surface area (Å²) in [6.07, 6.45) is 0.265. The highest BCUT2D eigenvalue weighted by molar-refractivity contribution is 6.33. The Morgan fingerprint density at radius 1 is 1.56 bits per heavy atom. The van der Waals surface area contributed by atoms with Crippen LogP contribution in [-0.2, 0) is 4.74 Å². The Hall–Kier alpha value is -1.95. The van der Waals surface area contributed by atoms with Crippen molar-refractivity contribution in [2.45, 2.75) is 0 Å². The molecule has 1 aromatic rings. The molecule has 6 nitrogen and oxygen atoms in total. The molecule has 0 N–H and O–H groups in total. The molecule has 1 rings (SSSR count). The van der Waals surface area contributed by atoms with Crippen LogP contribution in [0.15, 0.2) is 12.1 Å². The lowest BCUT2D eigenvalue weighted by atomic mass is 10.1. The number of carbonyl (C=O) groups is 2. The molecule has 0 fully saturated rings. The van der Waals surface area contributed by atoms with E-state index in [1.165, 1.54) is 0 Å². The van der Waals surface area contributed by atoms with Gasteiger partial charge < -0.3 is 4.74 Å². The molecule has 0 saturated carbocycles. The minimum absolute atomic E-state index is 0.0789. The maximum atomic E-state index is 11.1. The van der Waals surface area contributed by atoms with E-state index in [2.05, 4.69) is 4.74 Å². The Bertz CT molecular complexity index is 471. The number of benzene rings is 1. The molecule has 0 aliphatic carbocycles. The number of aldehydes is 1. The fourth-order valence-electron chi connectivity index (χ4n) is 1.11. The highest BCUT2D eigenvalue weighted by Gasteiger charge is 2.21. The van der Waals surface area contributed by atoms with Crippen LogP contribution in [0, 0.1) is 10.1 Å². The minimum atomic E-state index is -0.790. The van der Waals surface area contributed by atoms with E-state index in [1.54, 1.807) is 0 Å². The molecular formula is C9H6ClNO5. The molecule has 7 heteroatoms. The van der Waals surface area contributed by atoms with Gasteiger partial charge in [-0.25, -0.2) is 4.79 Å². The first-order valence-electron chi connectivity index (χ1n) is 4.02. The number of esters is 1. The van der Waals surface area contributed by atoms with E-state index < -0.39 is 16.6 Å². The number of hydrogen-bond donors (Lipinski definition) is 0. The van der Waals surface area contributed by atoms with E-state index in [9.17, 15) is 19.7 Å². The highest BCUT2D eigenvalue weighted by Crippen LogP contribution is 2.27. The average molecular weight is 244 g/mol. The Morgan fingerprint density at radius 3 is 2.62 bits per heavy atom. The average Bonchev–Trinajstić information content (AvgIpc) is 2.26. The molecule has 0 radical (unpaired) electrons. The zero-order valence-corrected chi connectivity index (χ0v) is 8.85. The topological polar surface area (TPSA) is 86.5 Å². The molecule has 16 heavy (non-hydrogen) atoms. The number of nitro benzene ring substituents is 1. The number of halogens is 1. The van der Waals surface area contributed by atoms with Crippen molar-refractivity contribution in [3.63, 3.8) is 0 Å². The van der Waals surface area contributed by atoms with E-state index in [0.29, 0.717) is 0 Å². The van der Waals surface area contributed by atoms with Gasteiger partial charge in [0, 0.05) is 6.07 Å². The Labute approximate surface area is 94.9 Å². The number of nitro groups is 1. The fourth-order valence-corrected chi connectivity index (χ4v) is 1.37.